The molecule has 0 atom stereocenters. The van der Waals surface area contributed by atoms with Gasteiger partial charge in [0, 0.05) is 34.9 Å². The van der Waals surface area contributed by atoms with Crippen molar-refractivity contribution < 1.29 is 9.90 Å². The second-order valence-electron chi connectivity index (χ2n) is 11.5. The van der Waals surface area contributed by atoms with E-state index in [1.165, 1.54) is 0 Å². The lowest BCUT2D eigenvalue weighted by atomic mass is 9.93. The minimum Gasteiger partial charge on any atom is -0.384 e. The average molecular weight is 565 g/mol. The van der Waals surface area contributed by atoms with Gasteiger partial charge in [0.25, 0.3) is 5.56 Å². The summed E-state index contributed by atoms with van der Waals surface area (Å²) in [6.07, 6.45) is 2.46. The molecule has 0 fully saturated rings. The summed E-state index contributed by atoms with van der Waals surface area (Å²) in [6.45, 7) is 12.8. The summed E-state index contributed by atoms with van der Waals surface area (Å²) in [5.41, 5.74) is 5.23. The Balaban J connectivity index is 1.92. The van der Waals surface area contributed by atoms with Crippen LogP contribution in [-0.4, -0.2) is 27.3 Å². The third-order valence-electron chi connectivity index (χ3n) is 7.26. The number of pyridine rings is 2. The molecule has 4 rings (SSSR count). The first-order valence-electron chi connectivity index (χ1n) is 14.5. The highest BCUT2D eigenvalue weighted by Gasteiger charge is 2.23. The van der Waals surface area contributed by atoms with Gasteiger partial charge >= 0.3 is 6.03 Å². The number of fused-ring (bicyclic) bond motifs is 1. The topological polar surface area (TPSA) is 96.2 Å². The molecule has 0 saturated carbocycles. The summed E-state index contributed by atoms with van der Waals surface area (Å²) in [4.78, 5) is 32.6. The summed E-state index contributed by atoms with van der Waals surface area (Å²) in [6, 6.07) is 16.8. The van der Waals surface area contributed by atoms with Crippen molar-refractivity contribution in [3.8, 4) is 23.0 Å². The fourth-order valence-electron chi connectivity index (χ4n) is 5.14. The first-order chi connectivity index (χ1) is 20.1. The summed E-state index contributed by atoms with van der Waals surface area (Å²) >= 11 is 0. The lowest BCUT2D eigenvalue weighted by molar-refractivity contribution is 0.262. The number of rotatable bonds is 8. The lowest BCUT2D eigenvalue weighted by Crippen LogP contribution is -2.30. The van der Waals surface area contributed by atoms with Gasteiger partial charge in [0.2, 0.25) is 0 Å². The highest BCUT2D eigenvalue weighted by atomic mass is 16.2. The molecule has 7 heteroatoms. The summed E-state index contributed by atoms with van der Waals surface area (Å²) in [5, 5.41) is 16.0. The minimum atomic E-state index is -0.488. The van der Waals surface area contributed by atoms with Crippen molar-refractivity contribution in [3.05, 3.63) is 87.8 Å². The molecule has 4 aromatic rings. The van der Waals surface area contributed by atoms with Crippen LogP contribution in [0.4, 0.5) is 16.2 Å². The van der Waals surface area contributed by atoms with E-state index in [-0.39, 0.29) is 29.7 Å². The predicted molar refractivity (Wildman–Crippen MR) is 172 cm³/mol. The number of aliphatic hydroxyl groups excluding tert-OH is 1. The number of amides is 2. The van der Waals surface area contributed by atoms with Crippen molar-refractivity contribution in [1.82, 2.24) is 9.55 Å². The number of para-hydroxylation sites is 1. The Kier molecular flexibility index (Phi) is 9.82. The van der Waals surface area contributed by atoms with E-state index in [4.69, 9.17) is 0 Å². The molecule has 2 amide bonds. The number of aliphatic hydroxyl groups is 1. The van der Waals surface area contributed by atoms with Gasteiger partial charge < -0.3 is 15.7 Å². The van der Waals surface area contributed by atoms with Crippen LogP contribution < -0.4 is 16.2 Å². The molecule has 0 radical (unpaired) electrons. The van der Waals surface area contributed by atoms with Crippen molar-refractivity contribution in [2.24, 2.45) is 5.92 Å². The van der Waals surface area contributed by atoms with Gasteiger partial charge in [-0.25, -0.2) is 9.78 Å². The number of nitrogens with zero attached hydrogens (tertiary/aromatic N) is 2. The van der Waals surface area contributed by atoms with Crippen LogP contribution in [0.2, 0.25) is 0 Å². The normalized spacial score (nSPS) is 11.2. The van der Waals surface area contributed by atoms with Gasteiger partial charge in [0.15, 0.2) is 0 Å². The molecule has 2 heterocycles. The Morgan fingerprint density at radius 1 is 0.929 bits per heavy atom. The number of nitrogens with one attached hydrogen (secondary N) is 2. The predicted octanol–water partition coefficient (Wildman–Crippen LogP) is 7.34. The number of carbonyl (C=O) groups is 1. The van der Waals surface area contributed by atoms with E-state index < -0.39 is 6.03 Å². The number of aryl methyl sites for hydroxylation is 1. The van der Waals surface area contributed by atoms with Crippen LogP contribution in [0, 0.1) is 17.8 Å². The van der Waals surface area contributed by atoms with Crippen molar-refractivity contribution in [2.45, 2.75) is 66.3 Å². The number of benzene rings is 2. The lowest BCUT2D eigenvalue weighted by Gasteiger charge is -2.22. The molecule has 0 aliphatic heterocycles. The van der Waals surface area contributed by atoms with Crippen molar-refractivity contribution in [2.75, 3.05) is 17.2 Å². The van der Waals surface area contributed by atoms with E-state index >= 15 is 0 Å². The van der Waals surface area contributed by atoms with Crippen LogP contribution in [0.1, 0.15) is 76.5 Å². The van der Waals surface area contributed by atoms with Crippen molar-refractivity contribution in [1.29, 1.82) is 0 Å². The van der Waals surface area contributed by atoms with Crippen molar-refractivity contribution >= 4 is 28.4 Å². The molecule has 218 valence electrons. The van der Waals surface area contributed by atoms with E-state index in [2.05, 4.69) is 69.0 Å². The van der Waals surface area contributed by atoms with E-state index in [1.807, 2.05) is 54.6 Å². The number of carbonyl (C=O) groups excluding carboxylic acids is 1. The highest BCUT2D eigenvalue weighted by molar-refractivity contribution is 6.07. The Labute approximate surface area is 248 Å². The fourth-order valence-corrected chi connectivity index (χ4v) is 5.14. The largest absolute Gasteiger partial charge is 0.384 e. The molecular weight excluding hydrogens is 524 g/mol. The Hall–Kier alpha value is -4.41. The number of anilines is 2. The number of urea groups is 1. The third-order valence-corrected chi connectivity index (χ3v) is 7.26. The molecule has 0 aliphatic carbocycles. The van der Waals surface area contributed by atoms with Gasteiger partial charge in [0.1, 0.15) is 17.9 Å². The molecule has 0 unspecified atom stereocenters. The van der Waals surface area contributed by atoms with E-state index in [1.54, 1.807) is 10.8 Å². The van der Waals surface area contributed by atoms with Crippen molar-refractivity contribution in [3.63, 3.8) is 0 Å². The van der Waals surface area contributed by atoms with Crippen LogP contribution in [0.15, 0.2) is 65.6 Å². The van der Waals surface area contributed by atoms with Crippen LogP contribution in [0.3, 0.4) is 0 Å². The summed E-state index contributed by atoms with van der Waals surface area (Å²) in [7, 11) is 0. The Bertz CT molecular complexity index is 1680. The molecular formula is C35H40N4O3. The number of aromatic nitrogens is 2. The molecule has 7 nitrogen and oxygen atoms in total. The zero-order valence-corrected chi connectivity index (χ0v) is 25.3. The van der Waals surface area contributed by atoms with Gasteiger partial charge in [-0.2, -0.15) is 0 Å². The highest BCUT2D eigenvalue weighted by Crippen LogP contribution is 2.35. The maximum Gasteiger partial charge on any atom is 0.323 e. The second kappa shape index (κ2) is 13.5. The third kappa shape index (κ3) is 6.72. The zero-order valence-electron chi connectivity index (χ0n) is 25.3. The van der Waals surface area contributed by atoms with Gasteiger partial charge in [0.05, 0.1) is 0 Å². The maximum absolute atomic E-state index is 14.2. The van der Waals surface area contributed by atoms with E-state index in [0.717, 1.165) is 28.6 Å². The summed E-state index contributed by atoms with van der Waals surface area (Å²) in [5.74, 6) is 6.38. The first-order valence-corrected chi connectivity index (χ1v) is 14.5. The molecule has 0 bridgehead atoms. The molecule has 2 aromatic heterocycles. The fraction of sp³-hybridized carbons (Fsp3) is 0.343. The maximum atomic E-state index is 14.2. The standard InChI is InChI=1S/C35H40N4O3/c1-22(2)17-19-39-33-29(16-9-18-36-33)30(26-13-7-11-25(21-26)12-10-20-40)32(34(39)41)38-35(42)37-31-27(23(3)4)14-8-15-28(31)24(5)6/h7-9,11,13-16,18,21-24,40H,17,19-20H2,1-6H3,(H2,37,38,42). The molecule has 0 spiro atoms. The van der Waals surface area contributed by atoms with Crippen LogP contribution in [0.5, 0.6) is 0 Å². The SMILES string of the molecule is CC(C)CCn1c(=O)c(NC(=O)Nc2c(C(C)C)cccc2C(C)C)c(-c2cccc(C#CCO)c2)c2cccnc21. The molecule has 3 N–H and O–H groups in total. The van der Waals surface area contributed by atoms with Gasteiger partial charge in [-0.1, -0.05) is 83.7 Å². The van der Waals surface area contributed by atoms with Gasteiger partial charge in [-0.05, 0) is 65.1 Å². The molecule has 42 heavy (non-hydrogen) atoms. The monoisotopic (exact) mass is 564 g/mol. The Morgan fingerprint density at radius 3 is 2.24 bits per heavy atom. The van der Waals surface area contributed by atoms with E-state index in [0.29, 0.717) is 34.8 Å². The number of hydrogen-bond acceptors (Lipinski definition) is 4. The molecule has 2 aromatic carbocycles. The van der Waals surface area contributed by atoms with Gasteiger partial charge in [-0.3, -0.25) is 9.36 Å². The molecule has 0 aliphatic rings. The quantitative estimate of drug-likeness (QED) is 0.195. The first kappa shape index (κ1) is 30.5. The van der Waals surface area contributed by atoms with Crippen LogP contribution in [-0.2, 0) is 6.54 Å². The number of hydrogen-bond donors (Lipinski definition) is 3. The Morgan fingerprint density at radius 2 is 1.60 bits per heavy atom. The molecule has 0 saturated heterocycles. The minimum absolute atomic E-state index is 0.178. The zero-order chi connectivity index (χ0) is 30.4. The second-order valence-corrected chi connectivity index (χ2v) is 11.5. The average Bonchev–Trinajstić information content (AvgIpc) is 2.96. The van der Waals surface area contributed by atoms with Crippen LogP contribution in [0.25, 0.3) is 22.2 Å². The van der Waals surface area contributed by atoms with E-state index in [9.17, 15) is 14.7 Å². The van der Waals surface area contributed by atoms with Gasteiger partial charge in [-0.15, -0.1) is 0 Å². The smallest absolute Gasteiger partial charge is 0.323 e. The van der Waals surface area contributed by atoms with Crippen LogP contribution >= 0.6 is 0 Å². The summed E-state index contributed by atoms with van der Waals surface area (Å²) < 4.78 is 1.66.